The maximum Gasteiger partial charge on any atom is 0.244 e. The van der Waals surface area contributed by atoms with Gasteiger partial charge in [0.15, 0.2) is 0 Å². The van der Waals surface area contributed by atoms with E-state index in [9.17, 15) is 12.8 Å². The van der Waals surface area contributed by atoms with Crippen molar-refractivity contribution in [3.8, 4) is 0 Å². The molecule has 0 bridgehead atoms. The topological polar surface area (TPSA) is 84.7 Å². The van der Waals surface area contributed by atoms with Crippen LogP contribution in [0.4, 0.5) is 10.1 Å². The van der Waals surface area contributed by atoms with E-state index >= 15 is 0 Å². The molecule has 1 unspecified atom stereocenters. The van der Waals surface area contributed by atoms with E-state index in [0.717, 1.165) is 4.31 Å². The smallest absolute Gasteiger partial charge is 0.244 e. The summed E-state index contributed by atoms with van der Waals surface area (Å²) in [6.07, 6.45) is -0.589. The molecule has 1 aromatic rings. The highest BCUT2D eigenvalue weighted by molar-refractivity contribution is 7.90. The van der Waals surface area contributed by atoms with Gasteiger partial charge in [0.1, 0.15) is 22.4 Å². The Morgan fingerprint density at radius 1 is 1.55 bits per heavy atom. The highest BCUT2D eigenvalue weighted by Gasteiger charge is 2.61. The van der Waals surface area contributed by atoms with Gasteiger partial charge in [-0.15, -0.1) is 0 Å². The number of benzene rings is 1. The molecular formula is C14H18FN3O3S. The van der Waals surface area contributed by atoms with Crippen LogP contribution in [-0.2, 0) is 20.3 Å². The fourth-order valence-corrected chi connectivity index (χ4v) is 5.30. The molecule has 0 spiro atoms. The molecule has 0 aliphatic carbocycles. The second-order valence-corrected chi connectivity index (χ2v) is 7.82. The number of sulfonamides is 1. The zero-order valence-electron chi connectivity index (χ0n) is 12.3. The van der Waals surface area contributed by atoms with E-state index in [1.54, 1.807) is 6.92 Å². The van der Waals surface area contributed by atoms with E-state index in [0.29, 0.717) is 5.69 Å². The third-order valence-corrected chi connectivity index (χ3v) is 6.82. The van der Waals surface area contributed by atoms with Gasteiger partial charge in [-0.05, 0) is 25.1 Å². The number of hydrogen-bond acceptors (Lipinski definition) is 5. The summed E-state index contributed by atoms with van der Waals surface area (Å²) < 4.78 is 46.6. The maximum atomic E-state index is 14.4. The molecule has 2 aliphatic rings. The van der Waals surface area contributed by atoms with Crippen LogP contribution < -0.4 is 11.1 Å². The Kier molecular flexibility index (Phi) is 3.16. The van der Waals surface area contributed by atoms with Crippen LogP contribution in [0, 0.1) is 5.82 Å². The second-order valence-electron chi connectivity index (χ2n) is 5.73. The predicted octanol–water partition coefficient (Wildman–Crippen LogP) is 0.726. The van der Waals surface area contributed by atoms with E-state index in [2.05, 4.69) is 11.9 Å². The first-order chi connectivity index (χ1) is 10.2. The lowest BCUT2D eigenvalue weighted by atomic mass is 9.86. The number of nitrogens with one attached hydrogen (secondary N) is 1. The molecule has 0 aromatic heterocycles. The molecule has 3 atom stereocenters. The summed E-state index contributed by atoms with van der Waals surface area (Å²) in [6.45, 7) is 5.41. The van der Waals surface area contributed by atoms with Crippen molar-refractivity contribution >= 4 is 15.7 Å². The molecule has 0 amide bonds. The van der Waals surface area contributed by atoms with Gasteiger partial charge < -0.3 is 15.8 Å². The summed E-state index contributed by atoms with van der Waals surface area (Å²) in [5.41, 5.74) is 5.06. The minimum absolute atomic E-state index is 0.0191. The summed E-state index contributed by atoms with van der Waals surface area (Å²) in [5, 5.41) is 2.08. The summed E-state index contributed by atoms with van der Waals surface area (Å²) in [6, 6.07) is 4.11. The van der Waals surface area contributed by atoms with Crippen LogP contribution in [0.1, 0.15) is 12.5 Å². The van der Waals surface area contributed by atoms with Crippen LogP contribution in [0.3, 0.4) is 0 Å². The molecule has 6 nitrogen and oxygen atoms in total. The number of halogens is 1. The first-order valence-electron chi connectivity index (χ1n) is 6.82. The number of nitrogens with zero attached hydrogens (tertiary/aromatic N) is 1. The normalized spacial score (nSPS) is 33.4. The minimum Gasteiger partial charge on any atom is -0.399 e. The van der Waals surface area contributed by atoms with Crippen LogP contribution in [0.5, 0.6) is 0 Å². The van der Waals surface area contributed by atoms with Gasteiger partial charge in [0.05, 0.1) is 12.7 Å². The van der Waals surface area contributed by atoms with E-state index in [1.807, 2.05) is 0 Å². The fourth-order valence-electron chi connectivity index (χ4n) is 3.28. The van der Waals surface area contributed by atoms with Gasteiger partial charge in [0.25, 0.3) is 0 Å². The molecule has 2 fully saturated rings. The largest absolute Gasteiger partial charge is 0.399 e. The summed E-state index contributed by atoms with van der Waals surface area (Å²) in [5.74, 6) is -0.354. The molecule has 2 aliphatic heterocycles. The Bertz CT molecular complexity index is 752. The fraction of sp³-hybridized carbons (Fsp3) is 0.429. The average Bonchev–Trinajstić information content (AvgIpc) is 2.78. The van der Waals surface area contributed by atoms with E-state index in [4.69, 9.17) is 10.5 Å². The van der Waals surface area contributed by atoms with Gasteiger partial charge >= 0.3 is 0 Å². The zero-order valence-corrected chi connectivity index (χ0v) is 13.2. The third kappa shape index (κ3) is 1.83. The van der Waals surface area contributed by atoms with Crippen LogP contribution >= 0.6 is 0 Å². The van der Waals surface area contributed by atoms with Crippen LogP contribution in [-0.4, -0.2) is 37.7 Å². The monoisotopic (exact) mass is 327 g/mol. The second kappa shape index (κ2) is 4.60. The highest BCUT2D eigenvalue weighted by Crippen LogP contribution is 2.44. The third-order valence-electron chi connectivity index (χ3n) is 4.41. The predicted molar refractivity (Wildman–Crippen MR) is 80.7 cm³/mol. The maximum absolute atomic E-state index is 14.4. The van der Waals surface area contributed by atoms with Crippen molar-refractivity contribution in [2.45, 2.75) is 23.8 Å². The first-order valence-corrected chi connectivity index (χ1v) is 8.32. The van der Waals surface area contributed by atoms with Crippen molar-refractivity contribution in [1.29, 1.82) is 0 Å². The van der Waals surface area contributed by atoms with Crippen LogP contribution in [0.2, 0.25) is 0 Å². The van der Waals surface area contributed by atoms with Gasteiger partial charge in [-0.1, -0.05) is 6.58 Å². The number of ether oxygens (including phenoxy) is 1. The Morgan fingerprint density at radius 2 is 2.23 bits per heavy atom. The van der Waals surface area contributed by atoms with Crippen molar-refractivity contribution in [3.05, 3.63) is 42.0 Å². The van der Waals surface area contributed by atoms with E-state index in [1.165, 1.54) is 25.2 Å². The molecule has 120 valence electrons. The lowest BCUT2D eigenvalue weighted by Gasteiger charge is -2.45. The standard InChI is InChI=1S/C14H18FN3O3S/c1-8-13-14(7-21-8,11-6-10(16)4-5-12(11)15)17-9(2)18(3)22(13,19)20/h4-6,8,13,17H,2,7,16H2,1,3H3/t8-,13?,14+/m0/s1. The molecule has 3 N–H and O–H groups in total. The van der Waals surface area contributed by atoms with Gasteiger partial charge in [-0.25, -0.2) is 12.8 Å². The van der Waals surface area contributed by atoms with Gasteiger partial charge in [-0.2, -0.15) is 0 Å². The number of hydrogen-bond donors (Lipinski definition) is 2. The number of nitrogen functional groups attached to an aromatic ring is 1. The Balaban J connectivity index is 2.26. The van der Waals surface area contributed by atoms with Gasteiger partial charge in [-0.3, -0.25) is 4.31 Å². The number of fused-ring (bicyclic) bond motifs is 1. The molecule has 2 saturated heterocycles. The lowest BCUT2D eigenvalue weighted by molar-refractivity contribution is 0.114. The van der Waals surface area contributed by atoms with Gasteiger partial charge in [0, 0.05) is 18.3 Å². The van der Waals surface area contributed by atoms with Crippen molar-refractivity contribution in [1.82, 2.24) is 9.62 Å². The molecule has 0 radical (unpaired) electrons. The van der Waals surface area contributed by atoms with Crippen molar-refractivity contribution in [3.63, 3.8) is 0 Å². The molecule has 22 heavy (non-hydrogen) atoms. The number of rotatable bonds is 1. The average molecular weight is 327 g/mol. The van der Waals surface area contributed by atoms with Crippen molar-refractivity contribution in [2.75, 3.05) is 19.4 Å². The molecule has 0 saturated carbocycles. The van der Waals surface area contributed by atoms with Gasteiger partial charge in [0.2, 0.25) is 10.0 Å². The quantitative estimate of drug-likeness (QED) is 0.743. The summed E-state index contributed by atoms with van der Waals surface area (Å²) >= 11 is 0. The summed E-state index contributed by atoms with van der Waals surface area (Å²) in [7, 11) is -2.32. The number of anilines is 1. The lowest BCUT2D eigenvalue weighted by Crippen LogP contribution is -2.64. The molecule has 3 rings (SSSR count). The van der Waals surface area contributed by atoms with Crippen molar-refractivity contribution in [2.24, 2.45) is 0 Å². The van der Waals surface area contributed by atoms with Crippen molar-refractivity contribution < 1.29 is 17.5 Å². The first kappa shape index (κ1) is 15.1. The Labute approximate surface area is 128 Å². The number of nitrogens with two attached hydrogens (primary N) is 1. The SMILES string of the molecule is C=C1N[C@@]2(c3cc(N)ccc3F)CO[C@@H](C)C2S(=O)(=O)N1C. The minimum atomic E-state index is -3.73. The van der Waals surface area contributed by atoms with Crippen LogP contribution in [0.15, 0.2) is 30.6 Å². The zero-order chi connectivity index (χ0) is 16.3. The van der Waals surface area contributed by atoms with Crippen LogP contribution in [0.25, 0.3) is 0 Å². The Morgan fingerprint density at radius 3 is 2.91 bits per heavy atom. The molecule has 1 aromatic carbocycles. The van der Waals surface area contributed by atoms with E-state index < -0.39 is 32.7 Å². The molecular weight excluding hydrogens is 309 g/mol. The van der Waals surface area contributed by atoms with E-state index in [-0.39, 0.29) is 18.0 Å². The molecule has 8 heteroatoms. The summed E-state index contributed by atoms with van der Waals surface area (Å²) in [4.78, 5) is 0. The Hall–Kier alpha value is -1.80. The molecule has 2 heterocycles. The highest BCUT2D eigenvalue weighted by atomic mass is 32.2.